The summed E-state index contributed by atoms with van der Waals surface area (Å²) in [5.41, 5.74) is 1.18. The van der Waals surface area contributed by atoms with Crippen LogP contribution in [0, 0.1) is 5.92 Å². The second-order valence-electron chi connectivity index (χ2n) is 6.12. The molecule has 118 valence electrons. The van der Waals surface area contributed by atoms with Crippen LogP contribution in [0.2, 0.25) is 0 Å². The lowest BCUT2D eigenvalue weighted by atomic mass is 9.92. The van der Waals surface area contributed by atoms with E-state index in [0.717, 1.165) is 38.3 Å². The van der Waals surface area contributed by atoms with Crippen molar-refractivity contribution in [3.05, 3.63) is 47.6 Å². The van der Waals surface area contributed by atoms with Crippen LogP contribution in [0.4, 0.5) is 0 Å². The number of likely N-dealkylation sites (tertiary alicyclic amines) is 1. The highest BCUT2D eigenvalue weighted by Crippen LogP contribution is 2.21. The number of aliphatic hydroxyl groups excluding tert-OH is 1. The van der Waals surface area contributed by atoms with E-state index in [0.29, 0.717) is 18.2 Å². The van der Waals surface area contributed by atoms with E-state index in [4.69, 9.17) is 4.52 Å². The van der Waals surface area contributed by atoms with Gasteiger partial charge in [-0.15, -0.1) is 0 Å². The molecule has 1 aromatic carbocycles. The van der Waals surface area contributed by atoms with Gasteiger partial charge in [-0.25, -0.2) is 0 Å². The molecule has 1 atom stereocenters. The van der Waals surface area contributed by atoms with Gasteiger partial charge in [0.1, 0.15) is 0 Å². The minimum atomic E-state index is -0.204. The number of piperidine rings is 1. The van der Waals surface area contributed by atoms with E-state index in [2.05, 4.69) is 27.2 Å². The summed E-state index contributed by atoms with van der Waals surface area (Å²) in [6, 6.07) is 10.1. The molecule has 1 N–H and O–H groups in total. The van der Waals surface area contributed by atoms with Crippen LogP contribution >= 0.6 is 0 Å². The van der Waals surface area contributed by atoms with Crippen LogP contribution in [-0.2, 0) is 13.0 Å². The van der Waals surface area contributed by atoms with Gasteiger partial charge in [0.2, 0.25) is 5.89 Å². The molecule has 0 bridgehead atoms. The third-order valence-electron chi connectivity index (χ3n) is 4.39. The summed E-state index contributed by atoms with van der Waals surface area (Å²) in [6.07, 6.45) is 2.54. The third kappa shape index (κ3) is 3.93. The SMILES string of the molecule is CC(O)C1CCN(Cc2noc(Cc3ccccc3)n2)CC1. The van der Waals surface area contributed by atoms with Gasteiger partial charge >= 0.3 is 0 Å². The quantitative estimate of drug-likeness (QED) is 0.918. The van der Waals surface area contributed by atoms with E-state index in [1.54, 1.807) is 0 Å². The Morgan fingerprint density at radius 1 is 1.27 bits per heavy atom. The van der Waals surface area contributed by atoms with Crippen molar-refractivity contribution in [3.63, 3.8) is 0 Å². The summed E-state index contributed by atoms with van der Waals surface area (Å²) in [7, 11) is 0. The maximum Gasteiger partial charge on any atom is 0.231 e. The van der Waals surface area contributed by atoms with Gasteiger partial charge in [-0.2, -0.15) is 4.98 Å². The minimum absolute atomic E-state index is 0.204. The van der Waals surface area contributed by atoms with Crippen molar-refractivity contribution in [3.8, 4) is 0 Å². The van der Waals surface area contributed by atoms with Gasteiger partial charge in [0.05, 0.1) is 19.1 Å². The lowest BCUT2D eigenvalue weighted by molar-refractivity contribution is 0.0684. The monoisotopic (exact) mass is 301 g/mol. The molecule has 2 aromatic rings. The summed E-state index contributed by atoms with van der Waals surface area (Å²) >= 11 is 0. The molecule has 1 unspecified atom stereocenters. The van der Waals surface area contributed by atoms with Crippen LogP contribution < -0.4 is 0 Å². The lowest BCUT2D eigenvalue weighted by Gasteiger charge is -2.32. The number of hydrogen-bond donors (Lipinski definition) is 1. The maximum atomic E-state index is 9.64. The Morgan fingerprint density at radius 2 is 2.00 bits per heavy atom. The second kappa shape index (κ2) is 7.03. The maximum absolute atomic E-state index is 9.64. The summed E-state index contributed by atoms with van der Waals surface area (Å²) in [4.78, 5) is 6.81. The van der Waals surface area contributed by atoms with E-state index < -0.39 is 0 Å². The zero-order valence-corrected chi connectivity index (χ0v) is 13.0. The molecule has 0 saturated carbocycles. The van der Waals surface area contributed by atoms with Gasteiger partial charge in [0, 0.05) is 0 Å². The molecule has 5 nitrogen and oxygen atoms in total. The van der Waals surface area contributed by atoms with Gasteiger partial charge in [-0.1, -0.05) is 35.5 Å². The highest BCUT2D eigenvalue weighted by Gasteiger charge is 2.23. The first-order chi connectivity index (χ1) is 10.7. The Kier molecular flexibility index (Phi) is 4.85. The highest BCUT2D eigenvalue weighted by molar-refractivity contribution is 5.17. The van der Waals surface area contributed by atoms with Gasteiger partial charge < -0.3 is 9.63 Å². The third-order valence-corrected chi connectivity index (χ3v) is 4.39. The molecule has 1 aliphatic heterocycles. The topological polar surface area (TPSA) is 62.4 Å². The molecule has 0 aliphatic carbocycles. The number of aliphatic hydroxyl groups is 1. The summed E-state index contributed by atoms with van der Waals surface area (Å²) in [5, 5.41) is 13.7. The number of nitrogens with zero attached hydrogens (tertiary/aromatic N) is 3. The van der Waals surface area contributed by atoms with Crippen LogP contribution in [-0.4, -0.2) is 39.3 Å². The van der Waals surface area contributed by atoms with Crippen molar-refractivity contribution in [2.24, 2.45) is 5.92 Å². The normalized spacial score (nSPS) is 18.5. The first kappa shape index (κ1) is 15.2. The predicted molar refractivity (Wildman–Crippen MR) is 83.2 cm³/mol. The smallest absolute Gasteiger partial charge is 0.231 e. The lowest BCUT2D eigenvalue weighted by Crippen LogP contribution is -2.36. The van der Waals surface area contributed by atoms with Crippen LogP contribution in [0.5, 0.6) is 0 Å². The van der Waals surface area contributed by atoms with E-state index in [1.165, 1.54) is 5.56 Å². The van der Waals surface area contributed by atoms with Crippen LogP contribution in [0.25, 0.3) is 0 Å². The first-order valence-electron chi connectivity index (χ1n) is 7.96. The molecule has 22 heavy (non-hydrogen) atoms. The molecule has 1 fully saturated rings. The van der Waals surface area contributed by atoms with Crippen molar-refractivity contribution < 1.29 is 9.63 Å². The van der Waals surface area contributed by atoms with E-state index in [9.17, 15) is 5.11 Å². The highest BCUT2D eigenvalue weighted by atomic mass is 16.5. The molecule has 2 heterocycles. The molecule has 1 aliphatic rings. The summed E-state index contributed by atoms with van der Waals surface area (Å²) in [6.45, 7) is 4.58. The molecular formula is C17H23N3O2. The van der Waals surface area contributed by atoms with Gasteiger partial charge in [0.25, 0.3) is 0 Å². The summed E-state index contributed by atoms with van der Waals surface area (Å²) < 4.78 is 5.34. The standard InChI is InChI=1S/C17H23N3O2/c1-13(21)15-7-9-20(10-8-15)12-16-18-17(22-19-16)11-14-5-3-2-4-6-14/h2-6,13,15,21H,7-12H2,1H3. The van der Waals surface area contributed by atoms with Crippen LogP contribution in [0.1, 0.15) is 37.0 Å². The largest absolute Gasteiger partial charge is 0.393 e. The van der Waals surface area contributed by atoms with Gasteiger partial charge in [-0.3, -0.25) is 4.90 Å². The Hall–Kier alpha value is -1.72. The van der Waals surface area contributed by atoms with Crippen molar-refractivity contribution in [1.82, 2.24) is 15.0 Å². The first-order valence-corrected chi connectivity index (χ1v) is 7.96. The number of aromatic nitrogens is 2. The predicted octanol–water partition coefficient (Wildman–Crippen LogP) is 2.25. The fourth-order valence-corrected chi connectivity index (χ4v) is 2.99. The Bertz CT molecular complexity index is 575. The number of rotatable bonds is 5. The average Bonchev–Trinajstić information content (AvgIpc) is 2.96. The molecular weight excluding hydrogens is 278 g/mol. The fourth-order valence-electron chi connectivity index (χ4n) is 2.99. The molecule has 1 aromatic heterocycles. The number of hydrogen-bond acceptors (Lipinski definition) is 5. The number of benzene rings is 1. The molecule has 3 rings (SSSR count). The molecule has 0 spiro atoms. The molecule has 5 heteroatoms. The zero-order chi connectivity index (χ0) is 15.4. The van der Waals surface area contributed by atoms with E-state index >= 15 is 0 Å². The second-order valence-corrected chi connectivity index (χ2v) is 6.12. The van der Waals surface area contributed by atoms with E-state index in [1.807, 2.05) is 25.1 Å². The Morgan fingerprint density at radius 3 is 2.68 bits per heavy atom. The van der Waals surface area contributed by atoms with Crippen molar-refractivity contribution in [2.75, 3.05) is 13.1 Å². The Labute approximate surface area is 131 Å². The minimum Gasteiger partial charge on any atom is -0.393 e. The van der Waals surface area contributed by atoms with Crippen molar-refractivity contribution >= 4 is 0 Å². The molecule has 0 radical (unpaired) electrons. The van der Waals surface area contributed by atoms with Crippen LogP contribution in [0.3, 0.4) is 0 Å². The van der Waals surface area contributed by atoms with Crippen molar-refractivity contribution in [1.29, 1.82) is 0 Å². The van der Waals surface area contributed by atoms with Gasteiger partial charge in [0.15, 0.2) is 5.82 Å². The van der Waals surface area contributed by atoms with E-state index in [-0.39, 0.29) is 6.10 Å². The Balaban J connectivity index is 1.52. The van der Waals surface area contributed by atoms with Crippen molar-refractivity contribution in [2.45, 2.75) is 38.8 Å². The zero-order valence-electron chi connectivity index (χ0n) is 13.0. The average molecular weight is 301 g/mol. The fraction of sp³-hybridized carbons (Fsp3) is 0.529. The molecule has 1 saturated heterocycles. The van der Waals surface area contributed by atoms with Crippen LogP contribution in [0.15, 0.2) is 34.9 Å². The summed E-state index contributed by atoms with van der Waals surface area (Å²) in [5.74, 6) is 1.84. The van der Waals surface area contributed by atoms with Gasteiger partial charge in [-0.05, 0) is 44.3 Å². The molecule has 0 amide bonds.